The molecule has 0 spiro atoms. The van der Waals surface area contributed by atoms with Crippen molar-refractivity contribution in [3.63, 3.8) is 0 Å². The summed E-state index contributed by atoms with van der Waals surface area (Å²) in [7, 11) is 0. The number of amides is 1. The van der Waals surface area contributed by atoms with Crippen LogP contribution in [0.5, 0.6) is 5.75 Å². The highest BCUT2D eigenvalue weighted by atomic mass is 32.1. The molecule has 5 rings (SSSR count). The third-order valence-corrected chi connectivity index (χ3v) is 5.68. The molecule has 0 saturated carbocycles. The molecule has 0 bridgehead atoms. The van der Waals surface area contributed by atoms with Crippen LogP contribution in [0.4, 0.5) is 5.13 Å². The normalized spacial score (nSPS) is 15.7. The second-order valence-electron chi connectivity index (χ2n) is 6.56. The Hall–Kier alpha value is -3.45. The fourth-order valence-corrected chi connectivity index (χ4v) is 4.35. The summed E-state index contributed by atoms with van der Waals surface area (Å²) in [4.78, 5) is 32.5. The molecule has 1 aliphatic heterocycles. The molecule has 7 heteroatoms. The molecule has 6 nitrogen and oxygen atoms in total. The molecule has 0 radical (unpaired) electrons. The van der Waals surface area contributed by atoms with Crippen molar-refractivity contribution in [2.24, 2.45) is 0 Å². The van der Waals surface area contributed by atoms with Crippen LogP contribution in [-0.4, -0.2) is 17.5 Å². The predicted octanol–water partition coefficient (Wildman–Crippen LogP) is 4.40. The Kier molecular flexibility index (Phi) is 4.17. The van der Waals surface area contributed by atoms with Crippen molar-refractivity contribution in [3.05, 3.63) is 87.2 Å². The van der Waals surface area contributed by atoms with Gasteiger partial charge in [0, 0.05) is 11.6 Å². The molecule has 2 aromatic heterocycles. The van der Waals surface area contributed by atoms with Crippen LogP contribution in [0, 0.1) is 0 Å². The standard InChI is InChI=1S/C22H16N2O4S/c1-2-27-14-9-7-13(8-10-14)18-17-19(25)15-5-3-4-6-16(15)28-20(17)21(26)24(18)22-23-11-12-29-22/h3-12,18H,2H2,1H3. The van der Waals surface area contributed by atoms with Crippen molar-refractivity contribution in [1.82, 2.24) is 4.98 Å². The van der Waals surface area contributed by atoms with Crippen molar-refractivity contribution < 1.29 is 13.9 Å². The van der Waals surface area contributed by atoms with Crippen LogP contribution in [0.3, 0.4) is 0 Å². The van der Waals surface area contributed by atoms with Crippen molar-refractivity contribution in [2.75, 3.05) is 11.5 Å². The minimum absolute atomic E-state index is 0.0720. The minimum Gasteiger partial charge on any atom is -0.494 e. The van der Waals surface area contributed by atoms with Crippen molar-refractivity contribution >= 4 is 33.3 Å². The second kappa shape index (κ2) is 6.86. The number of nitrogens with zero attached hydrogens (tertiary/aromatic N) is 2. The lowest BCUT2D eigenvalue weighted by molar-refractivity contribution is 0.0971. The van der Waals surface area contributed by atoms with Gasteiger partial charge in [0.05, 0.1) is 23.6 Å². The quantitative estimate of drug-likeness (QED) is 0.504. The summed E-state index contributed by atoms with van der Waals surface area (Å²) in [6, 6.07) is 13.8. The van der Waals surface area contributed by atoms with Gasteiger partial charge in [0.15, 0.2) is 10.6 Å². The van der Waals surface area contributed by atoms with Gasteiger partial charge in [-0.15, -0.1) is 11.3 Å². The first-order valence-electron chi connectivity index (χ1n) is 9.20. The summed E-state index contributed by atoms with van der Waals surface area (Å²) in [5.41, 5.74) is 1.33. The van der Waals surface area contributed by atoms with Crippen molar-refractivity contribution in [2.45, 2.75) is 13.0 Å². The maximum absolute atomic E-state index is 13.4. The Balaban J connectivity index is 1.75. The molecular formula is C22H16N2O4S. The van der Waals surface area contributed by atoms with E-state index in [0.717, 1.165) is 11.3 Å². The lowest BCUT2D eigenvalue weighted by Gasteiger charge is -2.22. The Morgan fingerprint density at radius 2 is 1.93 bits per heavy atom. The molecular weight excluding hydrogens is 388 g/mol. The summed E-state index contributed by atoms with van der Waals surface area (Å²) < 4.78 is 11.4. The zero-order valence-corrected chi connectivity index (χ0v) is 16.3. The maximum atomic E-state index is 13.4. The van der Waals surface area contributed by atoms with E-state index in [1.807, 2.05) is 31.2 Å². The van der Waals surface area contributed by atoms with Gasteiger partial charge in [-0.25, -0.2) is 4.98 Å². The van der Waals surface area contributed by atoms with Gasteiger partial charge in [-0.1, -0.05) is 24.3 Å². The van der Waals surface area contributed by atoms with Gasteiger partial charge < -0.3 is 9.15 Å². The van der Waals surface area contributed by atoms with Gasteiger partial charge in [-0.3, -0.25) is 14.5 Å². The minimum atomic E-state index is -0.611. The number of carbonyl (C=O) groups excluding carboxylic acids is 1. The highest BCUT2D eigenvalue weighted by Gasteiger charge is 2.44. The van der Waals surface area contributed by atoms with E-state index in [9.17, 15) is 9.59 Å². The smallest absolute Gasteiger partial charge is 0.297 e. The van der Waals surface area contributed by atoms with Gasteiger partial charge in [-0.05, 0) is 36.8 Å². The molecule has 29 heavy (non-hydrogen) atoms. The van der Waals surface area contributed by atoms with Crippen LogP contribution in [-0.2, 0) is 0 Å². The molecule has 1 unspecified atom stereocenters. The number of ether oxygens (including phenoxy) is 1. The molecule has 0 N–H and O–H groups in total. The number of hydrogen-bond acceptors (Lipinski definition) is 6. The van der Waals surface area contributed by atoms with Gasteiger partial charge >= 0.3 is 0 Å². The zero-order valence-electron chi connectivity index (χ0n) is 15.5. The summed E-state index contributed by atoms with van der Waals surface area (Å²) in [6.45, 7) is 2.48. The number of hydrogen-bond donors (Lipinski definition) is 0. The van der Waals surface area contributed by atoms with Crippen molar-refractivity contribution in [3.8, 4) is 5.75 Å². The summed E-state index contributed by atoms with van der Waals surface area (Å²) in [5, 5.41) is 2.77. The molecule has 4 aromatic rings. The van der Waals surface area contributed by atoms with Crippen LogP contribution in [0.15, 0.2) is 69.3 Å². The number of benzene rings is 2. The van der Waals surface area contributed by atoms with E-state index in [4.69, 9.17) is 9.15 Å². The predicted molar refractivity (Wildman–Crippen MR) is 111 cm³/mol. The number of aromatic nitrogens is 1. The van der Waals surface area contributed by atoms with Crippen LogP contribution >= 0.6 is 11.3 Å². The summed E-state index contributed by atoms with van der Waals surface area (Å²) in [5.74, 6) is 0.437. The molecule has 1 aliphatic rings. The molecule has 1 atom stereocenters. The van der Waals surface area contributed by atoms with E-state index in [-0.39, 0.29) is 17.1 Å². The Morgan fingerprint density at radius 1 is 1.14 bits per heavy atom. The van der Waals surface area contributed by atoms with E-state index in [1.54, 1.807) is 35.8 Å². The van der Waals surface area contributed by atoms with Crippen LogP contribution < -0.4 is 15.1 Å². The zero-order chi connectivity index (χ0) is 20.0. The number of thiazole rings is 1. The van der Waals surface area contributed by atoms with E-state index in [0.29, 0.717) is 28.3 Å². The molecule has 2 aromatic carbocycles. The van der Waals surface area contributed by atoms with E-state index < -0.39 is 6.04 Å². The van der Waals surface area contributed by atoms with Crippen molar-refractivity contribution in [1.29, 1.82) is 0 Å². The first kappa shape index (κ1) is 17.6. The molecule has 144 valence electrons. The van der Waals surface area contributed by atoms with Gasteiger partial charge in [-0.2, -0.15) is 0 Å². The number of carbonyl (C=O) groups is 1. The lowest BCUT2D eigenvalue weighted by Crippen LogP contribution is -2.29. The van der Waals surface area contributed by atoms with Crippen LogP contribution in [0.1, 0.15) is 34.6 Å². The SMILES string of the molecule is CCOc1ccc(C2c3c(oc4ccccc4c3=O)C(=O)N2c2nccs2)cc1. The monoisotopic (exact) mass is 404 g/mol. The molecule has 3 heterocycles. The fraction of sp³-hybridized carbons (Fsp3) is 0.136. The Bertz CT molecular complexity index is 1260. The summed E-state index contributed by atoms with van der Waals surface area (Å²) in [6.07, 6.45) is 1.64. The Morgan fingerprint density at radius 3 is 2.66 bits per heavy atom. The second-order valence-corrected chi connectivity index (χ2v) is 7.44. The highest BCUT2D eigenvalue weighted by Crippen LogP contribution is 2.42. The molecule has 1 amide bonds. The third kappa shape index (κ3) is 2.74. The van der Waals surface area contributed by atoms with E-state index in [2.05, 4.69) is 4.98 Å². The van der Waals surface area contributed by atoms with E-state index in [1.165, 1.54) is 16.2 Å². The largest absolute Gasteiger partial charge is 0.494 e. The summed E-state index contributed by atoms with van der Waals surface area (Å²) >= 11 is 1.34. The molecule has 0 saturated heterocycles. The van der Waals surface area contributed by atoms with Gasteiger partial charge in [0.1, 0.15) is 11.3 Å². The number of fused-ring (bicyclic) bond motifs is 2. The molecule has 0 fully saturated rings. The topological polar surface area (TPSA) is 72.6 Å². The third-order valence-electron chi connectivity index (χ3n) is 4.91. The Labute approximate surface area is 170 Å². The van der Waals surface area contributed by atoms with Crippen LogP contribution in [0.25, 0.3) is 11.0 Å². The number of rotatable bonds is 4. The maximum Gasteiger partial charge on any atom is 0.297 e. The van der Waals surface area contributed by atoms with Gasteiger partial charge in [0.25, 0.3) is 5.91 Å². The average molecular weight is 404 g/mol. The van der Waals surface area contributed by atoms with Gasteiger partial charge in [0.2, 0.25) is 5.76 Å². The lowest BCUT2D eigenvalue weighted by atomic mass is 9.98. The van der Waals surface area contributed by atoms with Crippen LogP contribution in [0.2, 0.25) is 0 Å². The fourth-order valence-electron chi connectivity index (χ4n) is 3.68. The highest BCUT2D eigenvalue weighted by molar-refractivity contribution is 7.13. The average Bonchev–Trinajstić information content (AvgIpc) is 3.36. The first-order chi connectivity index (χ1) is 14.2. The number of anilines is 1. The molecule has 0 aliphatic carbocycles. The number of para-hydroxylation sites is 1. The van der Waals surface area contributed by atoms with E-state index >= 15 is 0 Å². The first-order valence-corrected chi connectivity index (χ1v) is 10.1.